The summed E-state index contributed by atoms with van der Waals surface area (Å²) in [5, 5.41) is 10.2. The maximum Gasteiger partial charge on any atom is 0.142 e. The normalized spacial score (nSPS) is 10.6. The molecule has 0 radical (unpaired) electrons. The molecule has 0 unspecified atom stereocenters. The van der Waals surface area contributed by atoms with Crippen molar-refractivity contribution < 1.29 is 8.78 Å². The van der Waals surface area contributed by atoms with Crippen LogP contribution in [0, 0.1) is 29.9 Å². The zero-order chi connectivity index (χ0) is 19.0. The Labute approximate surface area is 158 Å². The summed E-state index contributed by atoms with van der Waals surface area (Å²) in [5.41, 5.74) is 7.34. The van der Waals surface area contributed by atoms with Crippen molar-refractivity contribution in [1.82, 2.24) is 4.98 Å². The Morgan fingerprint density at radius 3 is 2.46 bits per heavy atom. The summed E-state index contributed by atoms with van der Waals surface area (Å²) in [5.74, 6) is -1.41. The molecular formula is C19H11Cl2F2N3. The van der Waals surface area contributed by atoms with Crippen molar-refractivity contribution in [3.05, 3.63) is 69.2 Å². The summed E-state index contributed by atoms with van der Waals surface area (Å²) in [7, 11) is 0. The van der Waals surface area contributed by atoms with Crippen LogP contribution in [0.3, 0.4) is 0 Å². The van der Waals surface area contributed by atoms with Crippen LogP contribution in [0.15, 0.2) is 36.4 Å². The van der Waals surface area contributed by atoms with E-state index in [0.29, 0.717) is 26.9 Å². The Balaban J connectivity index is 2.40. The van der Waals surface area contributed by atoms with Crippen molar-refractivity contribution >= 4 is 29.0 Å². The summed E-state index contributed by atoms with van der Waals surface area (Å²) >= 11 is 12.2. The number of anilines is 1. The van der Waals surface area contributed by atoms with Crippen LogP contribution in [0.1, 0.15) is 11.1 Å². The molecule has 0 aliphatic rings. The number of nitrogen functional groups attached to an aromatic ring is 1. The number of nitriles is 1. The number of nitrogens with two attached hydrogens (primary N) is 1. The Morgan fingerprint density at radius 2 is 1.81 bits per heavy atom. The Kier molecular flexibility index (Phi) is 4.82. The number of hydrogen-bond donors (Lipinski definition) is 1. The fourth-order valence-corrected chi connectivity index (χ4v) is 3.27. The zero-order valence-electron chi connectivity index (χ0n) is 13.4. The lowest BCUT2D eigenvalue weighted by atomic mass is 9.92. The van der Waals surface area contributed by atoms with Gasteiger partial charge in [-0.15, -0.1) is 0 Å². The summed E-state index contributed by atoms with van der Waals surface area (Å²) in [4.78, 5) is 4.25. The Bertz CT molecular complexity index is 1080. The second-order valence-corrected chi connectivity index (χ2v) is 6.42. The van der Waals surface area contributed by atoms with Crippen LogP contribution in [0.5, 0.6) is 0 Å². The molecule has 2 N–H and O–H groups in total. The average Bonchev–Trinajstić information content (AvgIpc) is 2.59. The molecule has 0 amide bonds. The van der Waals surface area contributed by atoms with E-state index in [9.17, 15) is 14.0 Å². The van der Waals surface area contributed by atoms with Gasteiger partial charge in [0.15, 0.2) is 0 Å². The first-order valence-electron chi connectivity index (χ1n) is 7.44. The van der Waals surface area contributed by atoms with E-state index in [-0.39, 0.29) is 22.5 Å². The van der Waals surface area contributed by atoms with E-state index in [4.69, 9.17) is 28.9 Å². The van der Waals surface area contributed by atoms with Crippen molar-refractivity contribution in [2.24, 2.45) is 0 Å². The van der Waals surface area contributed by atoms with Crippen molar-refractivity contribution in [2.45, 2.75) is 6.92 Å². The highest BCUT2D eigenvalue weighted by molar-refractivity contribution is 6.36. The van der Waals surface area contributed by atoms with E-state index in [2.05, 4.69) is 4.98 Å². The van der Waals surface area contributed by atoms with E-state index in [1.807, 2.05) is 6.07 Å². The third-order valence-electron chi connectivity index (χ3n) is 3.96. The average molecular weight is 390 g/mol. The molecule has 0 atom stereocenters. The van der Waals surface area contributed by atoms with Gasteiger partial charge in [0.05, 0.1) is 10.7 Å². The first-order chi connectivity index (χ1) is 12.3. The Morgan fingerprint density at radius 1 is 1.08 bits per heavy atom. The highest BCUT2D eigenvalue weighted by atomic mass is 35.5. The van der Waals surface area contributed by atoms with Gasteiger partial charge in [-0.3, -0.25) is 0 Å². The lowest BCUT2D eigenvalue weighted by molar-refractivity contribution is 0.603. The van der Waals surface area contributed by atoms with Gasteiger partial charge in [0.25, 0.3) is 0 Å². The molecular weight excluding hydrogens is 379 g/mol. The number of aromatic nitrogens is 1. The van der Waals surface area contributed by atoms with E-state index >= 15 is 0 Å². The van der Waals surface area contributed by atoms with Crippen LogP contribution in [-0.4, -0.2) is 4.98 Å². The standard InChI is InChI=1S/C19H11Cl2F2N3/c1-9-17(13-7-11(22)3-5-16(13)23)14(8-24)19(25)26-18(9)12-4-2-10(20)6-15(12)21/h2-7H,1H3,(H2,25,26). The van der Waals surface area contributed by atoms with Gasteiger partial charge in [0.1, 0.15) is 29.1 Å². The monoisotopic (exact) mass is 389 g/mol. The highest BCUT2D eigenvalue weighted by Crippen LogP contribution is 2.39. The predicted molar refractivity (Wildman–Crippen MR) is 98.9 cm³/mol. The SMILES string of the molecule is Cc1c(-c2ccc(Cl)cc2Cl)nc(N)c(C#N)c1-c1cc(F)ccc1F. The van der Waals surface area contributed by atoms with Crippen LogP contribution in [0.4, 0.5) is 14.6 Å². The summed E-state index contributed by atoms with van der Waals surface area (Å²) in [6, 6.07) is 9.75. The molecule has 0 saturated carbocycles. The molecule has 0 bridgehead atoms. The number of benzene rings is 2. The molecule has 0 aliphatic heterocycles. The van der Waals surface area contributed by atoms with Crippen molar-refractivity contribution in [3.63, 3.8) is 0 Å². The summed E-state index contributed by atoms with van der Waals surface area (Å²) in [6.45, 7) is 1.65. The largest absolute Gasteiger partial charge is 0.383 e. The van der Waals surface area contributed by atoms with Gasteiger partial charge in [-0.05, 0) is 48.9 Å². The van der Waals surface area contributed by atoms with E-state index < -0.39 is 11.6 Å². The second-order valence-electron chi connectivity index (χ2n) is 5.58. The van der Waals surface area contributed by atoms with Gasteiger partial charge >= 0.3 is 0 Å². The number of hydrogen-bond acceptors (Lipinski definition) is 3. The molecule has 2 aromatic carbocycles. The maximum atomic E-state index is 14.4. The minimum Gasteiger partial charge on any atom is -0.383 e. The van der Waals surface area contributed by atoms with Crippen LogP contribution in [0.2, 0.25) is 10.0 Å². The Hall–Kier alpha value is -2.68. The molecule has 7 heteroatoms. The molecule has 0 saturated heterocycles. The lowest BCUT2D eigenvalue weighted by Gasteiger charge is -2.16. The van der Waals surface area contributed by atoms with Gasteiger partial charge in [0.2, 0.25) is 0 Å². The fraction of sp³-hybridized carbons (Fsp3) is 0.0526. The number of pyridine rings is 1. The minimum absolute atomic E-state index is 0.0270. The maximum absolute atomic E-state index is 14.4. The predicted octanol–water partition coefficient (Wildman–Crippen LogP) is 5.76. The summed E-state index contributed by atoms with van der Waals surface area (Å²) < 4.78 is 28.1. The van der Waals surface area contributed by atoms with Gasteiger partial charge in [0, 0.05) is 21.7 Å². The number of nitrogens with zero attached hydrogens (tertiary/aromatic N) is 2. The second kappa shape index (κ2) is 6.91. The molecule has 3 rings (SSSR count). The lowest BCUT2D eigenvalue weighted by Crippen LogP contribution is -2.04. The third-order valence-corrected chi connectivity index (χ3v) is 4.51. The van der Waals surface area contributed by atoms with Crippen LogP contribution in [0.25, 0.3) is 22.4 Å². The topological polar surface area (TPSA) is 62.7 Å². The smallest absolute Gasteiger partial charge is 0.142 e. The van der Waals surface area contributed by atoms with Crippen molar-refractivity contribution in [2.75, 3.05) is 5.73 Å². The van der Waals surface area contributed by atoms with Crippen molar-refractivity contribution in [1.29, 1.82) is 5.26 Å². The molecule has 3 aromatic rings. The van der Waals surface area contributed by atoms with Crippen molar-refractivity contribution in [3.8, 4) is 28.5 Å². The third kappa shape index (κ3) is 3.10. The molecule has 1 heterocycles. The quantitative estimate of drug-likeness (QED) is 0.605. The van der Waals surface area contributed by atoms with Crippen LogP contribution >= 0.6 is 23.2 Å². The van der Waals surface area contributed by atoms with Gasteiger partial charge in [-0.1, -0.05) is 23.2 Å². The van der Waals surface area contributed by atoms with Crippen LogP contribution < -0.4 is 5.73 Å². The summed E-state index contributed by atoms with van der Waals surface area (Å²) in [6.07, 6.45) is 0. The number of halogens is 4. The fourth-order valence-electron chi connectivity index (χ4n) is 2.78. The first-order valence-corrected chi connectivity index (χ1v) is 8.20. The van der Waals surface area contributed by atoms with Gasteiger partial charge in [-0.25, -0.2) is 13.8 Å². The van der Waals surface area contributed by atoms with Gasteiger partial charge < -0.3 is 5.73 Å². The van der Waals surface area contributed by atoms with E-state index in [0.717, 1.165) is 18.2 Å². The molecule has 130 valence electrons. The molecule has 0 fully saturated rings. The minimum atomic E-state index is -0.676. The van der Waals surface area contributed by atoms with Crippen LogP contribution in [-0.2, 0) is 0 Å². The molecule has 1 aromatic heterocycles. The number of rotatable bonds is 2. The van der Waals surface area contributed by atoms with Gasteiger partial charge in [-0.2, -0.15) is 5.26 Å². The molecule has 3 nitrogen and oxygen atoms in total. The highest BCUT2D eigenvalue weighted by Gasteiger charge is 2.22. The molecule has 0 aliphatic carbocycles. The first kappa shape index (κ1) is 18.1. The molecule has 26 heavy (non-hydrogen) atoms. The zero-order valence-corrected chi connectivity index (χ0v) is 15.0. The van der Waals surface area contributed by atoms with E-state index in [1.165, 1.54) is 6.07 Å². The van der Waals surface area contributed by atoms with E-state index in [1.54, 1.807) is 19.1 Å². The molecule has 0 spiro atoms.